The lowest BCUT2D eigenvalue weighted by molar-refractivity contribution is -0.169. The van der Waals surface area contributed by atoms with E-state index in [1.807, 2.05) is 6.07 Å². The van der Waals surface area contributed by atoms with Gasteiger partial charge in [-0.1, -0.05) is 46.3 Å². The third-order valence-corrected chi connectivity index (χ3v) is 6.27. The number of esters is 2. The minimum Gasteiger partial charge on any atom is -0.468 e. The normalized spacial score (nSPS) is 12.0. The zero-order valence-electron chi connectivity index (χ0n) is 16.0. The molecule has 27 heavy (non-hydrogen) atoms. The van der Waals surface area contributed by atoms with Crippen molar-refractivity contribution in [3.05, 3.63) is 51.9 Å². The van der Waals surface area contributed by atoms with Crippen LogP contribution < -0.4 is 0 Å². The first-order chi connectivity index (χ1) is 12.7. The summed E-state index contributed by atoms with van der Waals surface area (Å²) in [4.78, 5) is 26.4. The average Bonchev–Trinajstić information content (AvgIpc) is 2.67. The molecule has 1 unspecified atom stereocenters. The molecule has 5 nitrogen and oxygen atoms in total. The molecular weight excluding hydrogens is 432 g/mol. The smallest absolute Gasteiger partial charge is 0.323 e. The number of halogens is 1. The number of methoxy groups -OCH3 is 2. The Labute approximate surface area is 171 Å². The summed E-state index contributed by atoms with van der Waals surface area (Å²) in [6.45, 7) is 7.37. The maximum Gasteiger partial charge on any atom is 0.323 e. The Hall–Kier alpha value is -1.73. The predicted octanol–water partition coefficient (Wildman–Crippen LogP) is 4.50. The minimum atomic E-state index is -1.60. The van der Waals surface area contributed by atoms with Crippen LogP contribution in [0.15, 0.2) is 56.8 Å². The Morgan fingerprint density at radius 1 is 1.11 bits per heavy atom. The summed E-state index contributed by atoms with van der Waals surface area (Å²) >= 11 is 3.26. The summed E-state index contributed by atoms with van der Waals surface area (Å²) in [6.07, 6.45) is 0.424. The fourth-order valence-corrected chi connectivity index (χ4v) is 4.28. The summed E-state index contributed by atoms with van der Waals surface area (Å²) in [7, 11) is 0.924. The predicted molar refractivity (Wildman–Crippen MR) is 110 cm³/mol. The van der Waals surface area contributed by atoms with Crippen LogP contribution in [0.5, 0.6) is 0 Å². The molecule has 0 amide bonds. The van der Waals surface area contributed by atoms with E-state index in [1.54, 1.807) is 38.1 Å². The van der Waals surface area contributed by atoms with Gasteiger partial charge >= 0.3 is 11.9 Å². The standard InChI is InChI=1S/C20H25BrO5S/c1-14(2)17(27(24)16-9-7-6-8-10-16)13-20(18(22)25-4,19(23)26-5)12-11-15(3)21/h6-10H,3,11-13H2,1-2,4-5H3. The van der Waals surface area contributed by atoms with E-state index < -0.39 is 28.2 Å². The van der Waals surface area contributed by atoms with Crippen LogP contribution in [0.2, 0.25) is 0 Å². The summed E-state index contributed by atoms with van der Waals surface area (Å²) in [5.74, 6) is -1.43. The fraction of sp³-hybridized carbons (Fsp3) is 0.400. The maximum atomic E-state index is 13.1. The second-order valence-electron chi connectivity index (χ2n) is 6.26. The molecule has 0 spiro atoms. The monoisotopic (exact) mass is 456 g/mol. The number of allylic oxidation sites excluding steroid dienone is 3. The third-order valence-electron chi connectivity index (χ3n) is 4.18. The Morgan fingerprint density at radius 2 is 1.63 bits per heavy atom. The molecule has 0 aliphatic rings. The highest BCUT2D eigenvalue weighted by molar-refractivity contribution is 9.11. The molecule has 148 valence electrons. The van der Waals surface area contributed by atoms with E-state index in [0.717, 1.165) is 5.57 Å². The second-order valence-corrected chi connectivity index (χ2v) is 8.89. The number of carbonyl (C=O) groups excluding carboxylic acids is 2. The van der Waals surface area contributed by atoms with Crippen LogP contribution in [-0.4, -0.2) is 30.4 Å². The van der Waals surface area contributed by atoms with Gasteiger partial charge in [-0.2, -0.15) is 0 Å². The van der Waals surface area contributed by atoms with Gasteiger partial charge in [-0.25, -0.2) is 4.21 Å². The van der Waals surface area contributed by atoms with Crippen molar-refractivity contribution >= 4 is 38.7 Å². The number of benzene rings is 1. The second kappa shape index (κ2) is 10.6. The van der Waals surface area contributed by atoms with E-state index in [-0.39, 0.29) is 12.8 Å². The van der Waals surface area contributed by atoms with Crippen LogP contribution in [0, 0.1) is 5.41 Å². The molecule has 0 aromatic heterocycles. The Morgan fingerprint density at radius 3 is 2.04 bits per heavy atom. The zero-order chi connectivity index (χ0) is 20.6. The van der Waals surface area contributed by atoms with Crippen molar-refractivity contribution in [2.45, 2.75) is 38.0 Å². The number of carbonyl (C=O) groups is 2. The third kappa shape index (κ3) is 5.87. The molecule has 0 bridgehead atoms. The van der Waals surface area contributed by atoms with Crippen molar-refractivity contribution < 1.29 is 23.3 Å². The van der Waals surface area contributed by atoms with Gasteiger partial charge < -0.3 is 9.47 Å². The van der Waals surface area contributed by atoms with Crippen LogP contribution in [-0.2, 0) is 29.9 Å². The average molecular weight is 457 g/mol. The molecule has 1 atom stereocenters. The van der Waals surface area contributed by atoms with Crippen LogP contribution in [0.3, 0.4) is 0 Å². The molecule has 0 fully saturated rings. The number of rotatable bonds is 9. The maximum absolute atomic E-state index is 13.1. The molecule has 0 radical (unpaired) electrons. The van der Waals surface area contributed by atoms with Crippen LogP contribution in [0.4, 0.5) is 0 Å². The highest BCUT2D eigenvalue weighted by Gasteiger charge is 2.49. The van der Waals surface area contributed by atoms with Crippen molar-refractivity contribution in [2.24, 2.45) is 5.41 Å². The molecule has 7 heteroatoms. The molecule has 1 rings (SSSR count). The fourth-order valence-electron chi connectivity index (χ4n) is 2.65. The quantitative estimate of drug-likeness (QED) is 0.404. The largest absolute Gasteiger partial charge is 0.468 e. The summed E-state index contributed by atoms with van der Waals surface area (Å²) in [5.41, 5.74) is -0.830. The lowest BCUT2D eigenvalue weighted by atomic mass is 9.79. The highest BCUT2D eigenvalue weighted by atomic mass is 79.9. The van der Waals surface area contributed by atoms with E-state index in [0.29, 0.717) is 20.7 Å². The number of hydrogen-bond acceptors (Lipinski definition) is 5. The molecular formula is C20H25BrO5S. The summed E-state index contributed by atoms with van der Waals surface area (Å²) in [5, 5.41) is 0. The number of ether oxygens (including phenoxy) is 2. The van der Waals surface area contributed by atoms with E-state index in [2.05, 4.69) is 22.5 Å². The molecule has 0 aliphatic carbocycles. The van der Waals surface area contributed by atoms with Crippen LogP contribution >= 0.6 is 15.9 Å². The van der Waals surface area contributed by atoms with E-state index >= 15 is 0 Å². The molecule has 0 saturated carbocycles. The molecule has 0 heterocycles. The van der Waals surface area contributed by atoms with E-state index in [1.165, 1.54) is 14.2 Å². The first-order valence-electron chi connectivity index (χ1n) is 8.33. The SMILES string of the molecule is C=C(Br)CCC(CC(=C(C)C)S(=O)c1ccccc1)(C(=O)OC)C(=O)OC. The van der Waals surface area contributed by atoms with Crippen LogP contribution in [0.1, 0.15) is 33.1 Å². The summed E-state index contributed by atoms with van der Waals surface area (Å²) in [6, 6.07) is 8.91. The van der Waals surface area contributed by atoms with Gasteiger partial charge in [-0.3, -0.25) is 9.59 Å². The molecule has 1 aromatic carbocycles. The van der Waals surface area contributed by atoms with Gasteiger partial charge in [0.1, 0.15) is 0 Å². The van der Waals surface area contributed by atoms with Gasteiger partial charge in [0.2, 0.25) is 0 Å². The molecule has 0 aliphatic heterocycles. The van der Waals surface area contributed by atoms with Gasteiger partial charge in [-0.15, -0.1) is 0 Å². The van der Waals surface area contributed by atoms with Gasteiger partial charge in [0.05, 0.1) is 25.0 Å². The van der Waals surface area contributed by atoms with Gasteiger partial charge in [-0.05, 0) is 43.3 Å². The van der Waals surface area contributed by atoms with Gasteiger partial charge in [0.25, 0.3) is 0 Å². The van der Waals surface area contributed by atoms with Crippen LogP contribution in [0.25, 0.3) is 0 Å². The summed E-state index contributed by atoms with van der Waals surface area (Å²) < 4.78 is 23.6. The van der Waals surface area contributed by atoms with E-state index in [4.69, 9.17) is 9.47 Å². The lowest BCUT2D eigenvalue weighted by Crippen LogP contribution is -2.42. The minimum absolute atomic E-state index is 0.0591. The van der Waals surface area contributed by atoms with Crippen molar-refractivity contribution in [2.75, 3.05) is 14.2 Å². The molecule has 0 saturated heterocycles. The van der Waals surface area contributed by atoms with Gasteiger partial charge in [0, 0.05) is 16.2 Å². The van der Waals surface area contributed by atoms with Crippen molar-refractivity contribution in [1.82, 2.24) is 0 Å². The molecule has 1 aromatic rings. The van der Waals surface area contributed by atoms with Gasteiger partial charge in [0.15, 0.2) is 5.41 Å². The van der Waals surface area contributed by atoms with Crippen molar-refractivity contribution in [3.8, 4) is 0 Å². The van der Waals surface area contributed by atoms with Crippen molar-refractivity contribution in [1.29, 1.82) is 0 Å². The molecule has 0 N–H and O–H groups in total. The Bertz CT molecular complexity index is 735. The lowest BCUT2D eigenvalue weighted by Gasteiger charge is -2.29. The Balaban J connectivity index is 3.44. The Kier molecular flexibility index (Phi) is 9.12. The zero-order valence-corrected chi connectivity index (χ0v) is 18.4. The van der Waals surface area contributed by atoms with E-state index in [9.17, 15) is 13.8 Å². The van der Waals surface area contributed by atoms with Crippen molar-refractivity contribution in [3.63, 3.8) is 0 Å². The first kappa shape index (κ1) is 23.3. The highest BCUT2D eigenvalue weighted by Crippen LogP contribution is 2.39. The topological polar surface area (TPSA) is 69.7 Å². The number of hydrogen-bond donors (Lipinski definition) is 0. The first-order valence-corrected chi connectivity index (χ1v) is 10.3.